The minimum absolute atomic E-state index is 0.0333. The third kappa shape index (κ3) is 3.08. The predicted octanol–water partition coefficient (Wildman–Crippen LogP) is 3.71. The topological polar surface area (TPSA) is 124 Å². The van der Waals surface area contributed by atoms with Crippen LogP contribution in [0.4, 0.5) is 5.69 Å². The second-order valence-electron chi connectivity index (χ2n) is 6.58. The molecule has 0 radical (unpaired) electrons. The molecule has 2 aromatic heterocycles. The van der Waals surface area contributed by atoms with Gasteiger partial charge in [0.05, 0.1) is 27.4 Å². The van der Waals surface area contributed by atoms with E-state index in [1.54, 1.807) is 31.2 Å². The number of nitrogens with zero attached hydrogens (tertiary/aromatic N) is 5. The Labute approximate surface area is 164 Å². The van der Waals surface area contributed by atoms with Gasteiger partial charge in [-0.25, -0.2) is 9.48 Å². The first-order chi connectivity index (χ1) is 13.9. The van der Waals surface area contributed by atoms with Gasteiger partial charge in [-0.15, -0.1) is 5.10 Å². The highest BCUT2D eigenvalue weighted by molar-refractivity contribution is 6.08. The highest BCUT2D eigenvalue weighted by Crippen LogP contribution is 2.31. The minimum Gasteiger partial charge on any atom is -0.478 e. The summed E-state index contributed by atoms with van der Waals surface area (Å²) in [6.45, 7) is 3.64. The number of carboxylic acid groups (broad SMARTS) is 1. The van der Waals surface area contributed by atoms with Crippen molar-refractivity contribution in [3.63, 3.8) is 0 Å². The van der Waals surface area contributed by atoms with Crippen LogP contribution in [0.3, 0.4) is 0 Å². The van der Waals surface area contributed by atoms with Crippen LogP contribution in [0.5, 0.6) is 0 Å². The van der Waals surface area contributed by atoms with Gasteiger partial charge in [0.1, 0.15) is 5.69 Å². The fourth-order valence-electron chi connectivity index (χ4n) is 3.26. The van der Waals surface area contributed by atoms with Crippen molar-refractivity contribution >= 4 is 22.6 Å². The summed E-state index contributed by atoms with van der Waals surface area (Å²) in [4.78, 5) is 26.8. The van der Waals surface area contributed by atoms with E-state index in [4.69, 9.17) is 0 Å². The summed E-state index contributed by atoms with van der Waals surface area (Å²) in [5, 5.41) is 29.5. The number of hydrogen-bond acceptors (Lipinski definition) is 6. The maximum Gasteiger partial charge on any atom is 0.337 e. The Bertz CT molecular complexity index is 1280. The van der Waals surface area contributed by atoms with E-state index in [2.05, 4.69) is 15.3 Å². The molecular weight excluding hydrogens is 374 g/mol. The number of nitro groups is 1. The average molecular weight is 389 g/mol. The number of carbonyl (C=O) groups is 1. The van der Waals surface area contributed by atoms with Gasteiger partial charge in [0.15, 0.2) is 0 Å². The Balaban J connectivity index is 1.88. The van der Waals surface area contributed by atoms with Crippen LogP contribution < -0.4 is 0 Å². The molecule has 0 atom stereocenters. The van der Waals surface area contributed by atoms with Crippen LogP contribution in [0.2, 0.25) is 0 Å². The Morgan fingerprint density at radius 1 is 1.14 bits per heavy atom. The van der Waals surface area contributed by atoms with Crippen molar-refractivity contribution in [3.8, 4) is 16.9 Å². The molecule has 0 aliphatic heterocycles. The zero-order valence-corrected chi connectivity index (χ0v) is 15.5. The molecule has 0 aliphatic carbocycles. The Morgan fingerprint density at radius 3 is 2.52 bits per heavy atom. The summed E-state index contributed by atoms with van der Waals surface area (Å²) in [5.41, 5.74) is 3.50. The molecule has 0 aliphatic rings. The molecule has 0 fully saturated rings. The highest BCUT2D eigenvalue weighted by Gasteiger charge is 2.22. The molecule has 0 unspecified atom stereocenters. The van der Waals surface area contributed by atoms with Gasteiger partial charge in [-0.05, 0) is 38.1 Å². The van der Waals surface area contributed by atoms with Crippen molar-refractivity contribution in [1.82, 2.24) is 20.0 Å². The number of non-ortho nitro benzene ring substituents is 1. The molecule has 0 amide bonds. The van der Waals surface area contributed by atoms with E-state index < -0.39 is 10.9 Å². The maximum absolute atomic E-state index is 12.1. The van der Waals surface area contributed by atoms with E-state index in [1.165, 1.54) is 23.0 Å². The molecule has 0 saturated carbocycles. The van der Waals surface area contributed by atoms with E-state index in [0.29, 0.717) is 33.5 Å². The quantitative estimate of drug-likeness (QED) is 0.417. The lowest BCUT2D eigenvalue weighted by molar-refractivity contribution is -0.384. The number of aromatic nitrogens is 4. The molecule has 0 spiro atoms. The fraction of sp³-hybridized carbons (Fsp3) is 0.100. The van der Waals surface area contributed by atoms with Crippen LogP contribution in [-0.2, 0) is 0 Å². The average Bonchev–Trinajstić information content (AvgIpc) is 3.08. The SMILES string of the molecule is Cc1ccc2ncc(-c3nnn(-c4ccc([N+](=O)[O-])cc4)c3C)c(C(=O)O)c2c1. The van der Waals surface area contributed by atoms with Crippen molar-refractivity contribution in [3.05, 3.63) is 75.6 Å². The smallest absolute Gasteiger partial charge is 0.337 e. The van der Waals surface area contributed by atoms with Gasteiger partial charge < -0.3 is 5.11 Å². The molecule has 144 valence electrons. The summed E-state index contributed by atoms with van der Waals surface area (Å²) in [6, 6.07) is 11.3. The molecule has 9 heteroatoms. The van der Waals surface area contributed by atoms with Crippen LogP contribution >= 0.6 is 0 Å². The maximum atomic E-state index is 12.1. The predicted molar refractivity (Wildman–Crippen MR) is 105 cm³/mol. The van der Waals surface area contributed by atoms with Crippen molar-refractivity contribution in [2.24, 2.45) is 0 Å². The lowest BCUT2D eigenvalue weighted by Crippen LogP contribution is -2.04. The largest absolute Gasteiger partial charge is 0.478 e. The van der Waals surface area contributed by atoms with Crippen LogP contribution in [0.1, 0.15) is 21.6 Å². The molecule has 4 rings (SSSR count). The number of pyridine rings is 1. The van der Waals surface area contributed by atoms with Gasteiger partial charge in [0.2, 0.25) is 0 Å². The van der Waals surface area contributed by atoms with Crippen LogP contribution in [0.15, 0.2) is 48.7 Å². The molecule has 9 nitrogen and oxygen atoms in total. The summed E-state index contributed by atoms with van der Waals surface area (Å²) in [6.07, 6.45) is 1.48. The number of carboxylic acids is 1. The van der Waals surface area contributed by atoms with Crippen LogP contribution in [-0.4, -0.2) is 36.0 Å². The minimum atomic E-state index is -1.08. The number of hydrogen-bond donors (Lipinski definition) is 1. The number of aryl methyl sites for hydroxylation is 1. The third-order valence-corrected chi connectivity index (χ3v) is 4.69. The lowest BCUT2D eigenvalue weighted by atomic mass is 9.99. The molecular formula is C20H15N5O4. The standard InChI is InChI=1S/C20H15N5O4/c1-11-3-8-17-15(9-11)18(20(26)27)16(10-21-17)19-12(2)24(23-22-19)13-4-6-14(7-5-13)25(28)29/h3-10H,1-2H3,(H,26,27). The second kappa shape index (κ2) is 6.79. The third-order valence-electron chi connectivity index (χ3n) is 4.69. The first-order valence-corrected chi connectivity index (χ1v) is 8.67. The number of rotatable bonds is 4. The molecule has 0 saturated heterocycles. The van der Waals surface area contributed by atoms with Crippen molar-refractivity contribution < 1.29 is 14.8 Å². The van der Waals surface area contributed by atoms with Gasteiger partial charge in [-0.1, -0.05) is 16.8 Å². The molecule has 1 N–H and O–H groups in total. The zero-order chi connectivity index (χ0) is 20.7. The van der Waals surface area contributed by atoms with Gasteiger partial charge in [-0.3, -0.25) is 15.1 Å². The highest BCUT2D eigenvalue weighted by atomic mass is 16.6. The van der Waals surface area contributed by atoms with Crippen molar-refractivity contribution in [2.45, 2.75) is 13.8 Å². The zero-order valence-electron chi connectivity index (χ0n) is 15.5. The lowest BCUT2D eigenvalue weighted by Gasteiger charge is -2.09. The number of nitro benzene ring substituents is 1. The monoisotopic (exact) mass is 389 g/mol. The van der Waals surface area contributed by atoms with Crippen molar-refractivity contribution in [2.75, 3.05) is 0 Å². The van der Waals surface area contributed by atoms with Gasteiger partial charge in [-0.2, -0.15) is 0 Å². The Kier molecular flexibility index (Phi) is 4.27. The van der Waals surface area contributed by atoms with E-state index in [9.17, 15) is 20.0 Å². The summed E-state index contributed by atoms with van der Waals surface area (Å²) in [7, 11) is 0. The number of fused-ring (bicyclic) bond motifs is 1. The number of benzene rings is 2. The normalized spacial score (nSPS) is 11.0. The van der Waals surface area contributed by atoms with Gasteiger partial charge >= 0.3 is 5.97 Å². The fourth-order valence-corrected chi connectivity index (χ4v) is 3.26. The van der Waals surface area contributed by atoms with Gasteiger partial charge in [0.25, 0.3) is 5.69 Å². The molecule has 2 heterocycles. The Morgan fingerprint density at radius 2 is 1.86 bits per heavy atom. The summed E-state index contributed by atoms with van der Waals surface area (Å²) < 4.78 is 1.51. The summed E-state index contributed by atoms with van der Waals surface area (Å²) >= 11 is 0. The molecule has 29 heavy (non-hydrogen) atoms. The van der Waals surface area contributed by atoms with Crippen molar-refractivity contribution in [1.29, 1.82) is 0 Å². The van der Waals surface area contributed by atoms with Crippen LogP contribution in [0.25, 0.3) is 27.8 Å². The molecule has 2 aromatic carbocycles. The number of aromatic carboxylic acids is 1. The van der Waals surface area contributed by atoms with E-state index in [1.807, 2.05) is 13.0 Å². The van der Waals surface area contributed by atoms with Gasteiger partial charge in [0, 0.05) is 29.3 Å². The first-order valence-electron chi connectivity index (χ1n) is 8.67. The molecule has 0 bridgehead atoms. The van der Waals surface area contributed by atoms with Crippen LogP contribution in [0, 0.1) is 24.0 Å². The van der Waals surface area contributed by atoms with E-state index in [0.717, 1.165) is 5.56 Å². The summed E-state index contributed by atoms with van der Waals surface area (Å²) in [5.74, 6) is -1.08. The Hall–Kier alpha value is -4.14. The second-order valence-corrected chi connectivity index (χ2v) is 6.58. The van der Waals surface area contributed by atoms with E-state index >= 15 is 0 Å². The van der Waals surface area contributed by atoms with E-state index in [-0.39, 0.29) is 11.3 Å². The first kappa shape index (κ1) is 18.2. The molecule has 4 aromatic rings.